The molecule has 5 heteroatoms. The maximum atomic E-state index is 6.32. The Morgan fingerprint density at radius 2 is 1.46 bits per heavy atom. The quantitative estimate of drug-likeness (QED) is 0.246. The molecule has 0 saturated heterocycles. The van der Waals surface area contributed by atoms with Crippen LogP contribution in [0.1, 0.15) is 11.1 Å². The average molecular weight is 530 g/mol. The number of pyridine rings is 2. The number of aromatic nitrogens is 2. The molecule has 0 fully saturated rings. The Morgan fingerprint density at radius 1 is 0.659 bits per heavy atom. The molecule has 194 valence electrons. The van der Waals surface area contributed by atoms with Gasteiger partial charge in [0.25, 0.3) is 0 Å². The molecule has 0 spiro atoms. The summed E-state index contributed by atoms with van der Waals surface area (Å²) < 4.78 is 12.4. The van der Waals surface area contributed by atoms with Gasteiger partial charge in [-0.2, -0.15) is 0 Å². The summed E-state index contributed by atoms with van der Waals surface area (Å²) in [5.41, 5.74) is 10.7. The molecule has 8 rings (SSSR count). The van der Waals surface area contributed by atoms with E-state index in [1.54, 1.807) is 6.20 Å². The average Bonchev–Trinajstić information content (AvgIpc) is 3.29. The van der Waals surface area contributed by atoms with E-state index in [0.29, 0.717) is 11.6 Å². The highest BCUT2D eigenvalue weighted by atomic mass is 16.5. The molecule has 0 atom stereocenters. The van der Waals surface area contributed by atoms with Gasteiger partial charge in [-0.05, 0) is 59.2 Å². The van der Waals surface area contributed by atoms with Gasteiger partial charge < -0.3 is 14.5 Å². The van der Waals surface area contributed by atoms with Crippen LogP contribution in [0.3, 0.4) is 0 Å². The third kappa shape index (κ3) is 4.12. The second-order valence-electron chi connectivity index (χ2n) is 9.94. The highest BCUT2D eigenvalue weighted by Crippen LogP contribution is 2.39. The zero-order valence-corrected chi connectivity index (χ0v) is 21.9. The zero-order valence-electron chi connectivity index (χ0n) is 21.9. The Bertz CT molecular complexity index is 2130. The Morgan fingerprint density at radius 3 is 2.46 bits per heavy atom. The number of hydrogen-bond donors (Lipinski definition) is 1. The van der Waals surface area contributed by atoms with Crippen molar-refractivity contribution in [2.75, 3.05) is 5.32 Å². The van der Waals surface area contributed by atoms with E-state index in [2.05, 4.69) is 77.1 Å². The minimum Gasteiger partial charge on any atom is -0.454 e. The van der Waals surface area contributed by atoms with Gasteiger partial charge >= 0.3 is 0 Å². The number of rotatable bonds is 4. The van der Waals surface area contributed by atoms with Crippen molar-refractivity contribution in [3.63, 3.8) is 0 Å². The van der Waals surface area contributed by atoms with Crippen molar-refractivity contribution < 1.29 is 9.15 Å². The van der Waals surface area contributed by atoms with Crippen LogP contribution < -0.4 is 10.1 Å². The van der Waals surface area contributed by atoms with Crippen molar-refractivity contribution in [1.29, 1.82) is 0 Å². The van der Waals surface area contributed by atoms with Crippen LogP contribution in [0.4, 0.5) is 11.4 Å². The third-order valence-corrected chi connectivity index (χ3v) is 7.38. The monoisotopic (exact) mass is 529 g/mol. The zero-order chi connectivity index (χ0) is 27.2. The van der Waals surface area contributed by atoms with Crippen LogP contribution in [0.25, 0.3) is 56.6 Å². The summed E-state index contributed by atoms with van der Waals surface area (Å²) in [5.74, 6) is 1.22. The number of furan rings is 1. The Labute approximate surface area is 236 Å². The van der Waals surface area contributed by atoms with Gasteiger partial charge in [-0.25, -0.2) is 4.98 Å². The molecule has 41 heavy (non-hydrogen) atoms. The smallest absolute Gasteiger partial charge is 0.219 e. The van der Waals surface area contributed by atoms with Crippen LogP contribution in [0, 0.1) is 0 Å². The van der Waals surface area contributed by atoms with E-state index in [-0.39, 0.29) is 0 Å². The molecule has 4 aromatic carbocycles. The van der Waals surface area contributed by atoms with E-state index < -0.39 is 0 Å². The lowest BCUT2D eigenvalue weighted by atomic mass is 9.99. The van der Waals surface area contributed by atoms with Crippen LogP contribution in [0.15, 0.2) is 126 Å². The Kier molecular flexibility index (Phi) is 5.38. The first kappa shape index (κ1) is 23.2. The van der Waals surface area contributed by atoms with Crippen LogP contribution >= 0.6 is 0 Å². The fraction of sp³-hybridized carbons (Fsp3) is 0. The van der Waals surface area contributed by atoms with Gasteiger partial charge in [-0.15, -0.1) is 0 Å². The van der Waals surface area contributed by atoms with Gasteiger partial charge in [0.15, 0.2) is 5.58 Å². The van der Waals surface area contributed by atoms with Crippen LogP contribution in [0.5, 0.6) is 11.6 Å². The standard InChI is InChI=1S/C36H23N3O2/c1-2-14-29-23(8-1)19-20-24-9-4-12-27(35(24)39-29)25-10-3-11-26(22-25)40-33-18-6-15-30(38-33)28-13-5-16-31-34(28)36-32(41-31)17-7-21-37-36/h1-22,39H. The topological polar surface area (TPSA) is 60.2 Å². The molecule has 0 radical (unpaired) electrons. The summed E-state index contributed by atoms with van der Waals surface area (Å²) in [6.45, 7) is 0. The van der Waals surface area contributed by atoms with Crippen LogP contribution in [-0.2, 0) is 0 Å². The fourth-order valence-electron chi connectivity index (χ4n) is 5.48. The van der Waals surface area contributed by atoms with Crippen molar-refractivity contribution in [1.82, 2.24) is 9.97 Å². The number of nitrogens with zero attached hydrogens (tertiary/aromatic N) is 2. The van der Waals surface area contributed by atoms with Gasteiger partial charge in [-0.1, -0.05) is 78.9 Å². The number of benzene rings is 4. The van der Waals surface area contributed by atoms with E-state index >= 15 is 0 Å². The SMILES string of the molecule is C1=Cc2cccc(-c3cccc(Oc4cccc(-c5cccc6oc7cccnc7c56)n4)c3)c2Nc2ccccc21. The largest absolute Gasteiger partial charge is 0.454 e. The van der Waals surface area contributed by atoms with Gasteiger partial charge in [0.05, 0.1) is 16.8 Å². The van der Waals surface area contributed by atoms with Gasteiger partial charge in [0.1, 0.15) is 16.8 Å². The Hall–Kier alpha value is -5.68. The summed E-state index contributed by atoms with van der Waals surface area (Å²) in [7, 11) is 0. The lowest BCUT2D eigenvalue weighted by Gasteiger charge is -2.16. The fourth-order valence-corrected chi connectivity index (χ4v) is 5.48. The predicted molar refractivity (Wildman–Crippen MR) is 165 cm³/mol. The molecule has 0 aliphatic carbocycles. The van der Waals surface area contributed by atoms with E-state index in [0.717, 1.165) is 67.0 Å². The second kappa shape index (κ2) is 9.50. The van der Waals surface area contributed by atoms with E-state index in [4.69, 9.17) is 14.1 Å². The minimum absolute atomic E-state index is 0.513. The lowest BCUT2D eigenvalue weighted by molar-refractivity contribution is 0.464. The maximum absolute atomic E-state index is 6.32. The Balaban J connectivity index is 1.15. The number of hydrogen-bond acceptors (Lipinski definition) is 5. The lowest BCUT2D eigenvalue weighted by Crippen LogP contribution is -1.96. The summed E-state index contributed by atoms with van der Waals surface area (Å²) in [5, 5.41) is 4.61. The van der Waals surface area contributed by atoms with Crippen molar-refractivity contribution in [3.05, 3.63) is 133 Å². The molecule has 1 aliphatic rings. The van der Waals surface area contributed by atoms with E-state index in [1.165, 1.54) is 0 Å². The molecule has 1 aliphatic heterocycles. The normalized spacial score (nSPS) is 12.0. The summed E-state index contributed by atoms with van der Waals surface area (Å²) >= 11 is 0. The maximum Gasteiger partial charge on any atom is 0.219 e. The number of anilines is 2. The highest BCUT2D eigenvalue weighted by molar-refractivity contribution is 6.10. The van der Waals surface area contributed by atoms with E-state index in [9.17, 15) is 0 Å². The van der Waals surface area contributed by atoms with Crippen LogP contribution in [0.2, 0.25) is 0 Å². The first-order chi connectivity index (χ1) is 20.3. The minimum atomic E-state index is 0.513. The molecule has 0 unspecified atom stereocenters. The molecular formula is C36H23N3O2. The molecule has 4 heterocycles. The summed E-state index contributed by atoms with van der Waals surface area (Å²) in [4.78, 5) is 9.44. The summed E-state index contributed by atoms with van der Waals surface area (Å²) in [6.07, 6.45) is 6.09. The first-order valence-electron chi connectivity index (χ1n) is 13.5. The highest BCUT2D eigenvalue weighted by Gasteiger charge is 2.16. The van der Waals surface area contributed by atoms with Gasteiger partial charge in [-0.3, -0.25) is 4.98 Å². The second-order valence-corrected chi connectivity index (χ2v) is 9.94. The van der Waals surface area contributed by atoms with Gasteiger partial charge in [0.2, 0.25) is 5.88 Å². The molecule has 7 aromatic rings. The molecular weight excluding hydrogens is 506 g/mol. The van der Waals surface area contributed by atoms with Gasteiger partial charge in [0, 0.05) is 29.1 Å². The number of nitrogens with one attached hydrogen (secondary N) is 1. The third-order valence-electron chi connectivity index (χ3n) is 7.38. The number of para-hydroxylation sites is 2. The molecule has 0 saturated carbocycles. The van der Waals surface area contributed by atoms with Crippen molar-refractivity contribution in [2.45, 2.75) is 0 Å². The molecule has 5 nitrogen and oxygen atoms in total. The molecule has 1 N–H and O–H groups in total. The van der Waals surface area contributed by atoms with Crippen molar-refractivity contribution in [2.24, 2.45) is 0 Å². The molecule has 0 bridgehead atoms. The van der Waals surface area contributed by atoms with Crippen LogP contribution in [-0.4, -0.2) is 9.97 Å². The molecule has 3 aromatic heterocycles. The number of fused-ring (bicyclic) bond motifs is 5. The first-order valence-corrected chi connectivity index (χ1v) is 13.5. The van der Waals surface area contributed by atoms with E-state index in [1.807, 2.05) is 60.7 Å². The van der Waals surface area contributed by atoms with Crippen molar-refractivity contribution >= 4 is 45.6 Å². The molecule has 0 amide bonds. The number of ether oxygens (including phenoxy) is 1. The predicted octanol–water partition coefficient (Wildman–Crippen LogP) is 9.73. The van der Waals surface area contributed by atoms with Crippen molar-refractivity contribution in [3.8, 4) is 34.0 Å². The summed E-state index contributed by atoms with van der Waals surface area (Å²) in [6, 6.07) is 38.4.